The van der Waals surface area contributed by atoms with Crippen molar-refractivity contribution in [1.82, 2.24) is 4.98 Å². The fourth-order valence-electron chi connectivity index (χ4n) is 5.04. The number of aryl methyl sites for hydroxylation is 2. The lowest BCUT2D eigenvalue weighted by Gasteiger charge is -2.43. The van der Waals surface area contributed by atoms with E-state index in [0.29, 0.717) is 17.2 Å². The molecule has 194 valence electrons. The summed E-state index contributed by atoms with van der Waals surface area (Å²) >= 11 is 0. The number of pyridine rings is 2. The van der Waals surface area contributed by atoms with E-state index in [1.807, 2.05) is 72.1 Å². The second-order valence-electron chi connectivity index (χ2n) is 9.94. The van der Waals surface area contributed by atoms with Crippen LogP contribution in [0.3, 0.4) is 0 Å². The van der Waals surface area contributed by atoms with Crippen molar-refractivity contribution in [2.45, 2.75) is 45.1 Å². The highest BCUT2D eigenvalue weighted by Gasteiger charge is 2.57. The molecule has 38 heavy (non-hydrogen) atoms. The Morgan fingerprint density at radius 3 is 2.21 bits per heavy atom. The van der Waals surface area contributed by atoms with Crippen molar-refractivity contribution < 1.29 is 34.2 Å². The van der Waals surface area contributed by atoms with Crippen molar-refractivity contribution in [2.24, 2.45) is 0 Å². The van der Waals surface area contributed by atoms with Crippen LogP contribution in [-0.2, 0) is 10.5 Å². The third kappa shape index (κ3) is 3.79. The van der Waals surface area contributed by atoms with Gasteiger partial charge in [-0.15, -0.1) is 0 Å². The van der Waals surface area contributed by atoms with Crippen molar-refractivity contribution in [1.29, 1.82) is 0 Å². The maximum atomic E-state index is 11.8. The maximum Gasteiger partial charge on any atom is 0.335 e. The summed E-state index contributed by atoms with van der Waals surface area (Å²) < 4.78 is 3.29. The van der Waals surface area contributed by atoms with Crippen molar-refractivity contribution >= 4 is 39.0 Å². The van der Waals surface area contributed by atoms with Crippen LogP contribution in [0, 0.1) is 13.8 Å². The minimum atomic E-state index is -1.80. The average Bonchev–Trinajstić information content (AvgIpc) is 2.91. The van der Waals surface area contributed by atoms with Crippen molar-refractivity contribution in [2.75, 3.05) is 5.32 Å². The Labute approximate surface area is 218 Å². The van der Waals surface area contributed by atoms with E-state index < -0.39 is 23.3 Å². The molecule has 0 bridgehead atoms. The number of aromatic nitrogens is 3. The molecule has 1 aliphatic heterocycles. The minimum Gasteiger partial charge on any atom is -0.867 e. The lowest BCUT2D eigenvalue weighted by atomic mass is 9.84. The molecule has 3 unspecified atom stereocenters. The van der Waals surface area contributed by atoms with Crippen LogP contribution in [0.4, 0.5) is 5.82 Å². The molecule has 0 amide bonds. The molecule has 1 aliphatic rings. The molecule has 9 heteroatoms. The van der Waals surface area contributed by atoms with Gasteiger partial charge in [0.15, 0.2) is 11.6 Å². The molecule has 0 saturated carbocycles. The predicted octanol–water partition coefficient (Wildman–Crippen LogP) is 0.751. The zero-order valence-electron chi connectivity index (χ0n) is 21.5. The summed E-state index contributed by atoms with van der Waals surface area (Å²) in [6.45, 7) is 6.26. The van der Waals surface area contributed by atoms with E-state index in [0.717, 1.165) is 27.2 Å². The van der Waals surface area contributed by atoms with Crippen molar-refractivity contribution in [3.63, 3.8) is 0 Å². The van der Waals surface area contributed by atoms with E-state index in [1.165, 1.54) is 18.4 Å². The molecule has 0 radical (unpaired) electrons. The summed E-state index contributed by atoms with van der Waals surface area (Å²) in [5.74, 6) is -1.04. The first kappa shape index (κ1) is 25.3. The van der Waals surface area contributed by atoms with Crippen LogP contribution in [0.25, 0.3) is 27.2 Å². The summed E-state index contributed by atoms with van der Waals surface area (Å²) in [7, 11) is 0. The number of fused-ring (bicyclic) bond motifs is 6. The average molecular weight is 513 g/mol. The second kappa shape index (κ2) is 8.90. The summed E-state index contributed by atoms with van der Waals surface area (Å²) in [6.07, 6.45) is 1.94. The van der Waals surface area contributed by atoms with Gasteiger partial charge in [0.1, 0.15) is 11.4 Å². The van der Waals surface area contributed by atoms with Gasteiger partial charge in [0.25, 0.3) is 5.82 Å². The number of aliphatic carboxylic acids is 1. The lowest BCUT2D eigenvalue weighted by Crippen LogP contribution is -2.77. The number of carboxylic acid groups (broad SMARTS) is 1. The predicted molar refractivity (Wildman–Crippen MR) is 137 cm³/mol. The number of hydrogen-bond acceptors (Lipinski definition) is 7. The number of benzene rings is 2. The molecular weight excluding hydrogens is 484 g/mol. The van der Waals surface area contributed by atoms with E-state index in [2.05, 4.69) is 10.3 Å². The standard InChI is InChI=1S/C15H16N2O4.C14H12N2O/c1-14(13(19)20)12(18)15(2,21)17-8-7-9-5-3-4-6-10(9)11(17)16-14;1-9-13(17)10(2)16-8-7-11-5-3-4-6-12(11)14(16)15-9/h3-8,12,18,21H,1-2H3,(H,19,20);3-8H,1-2H3. The minimum absolute atomic E-state index is 0.0118. The number of rotatable bonds is 1. The van der Waals surface area contributed by atoms with Gasteiger partial charge in [0, 0.05) is 13.8 Å². The Hall–Kier alpha value is -4.34. The van der Waals surface area contributed by atoms with Crippen LogP contribution in [0.5, 0.6) is 5.75 Å². The van der Waals surface area contributed by atoms with E-state index in [4.69, 9.17) is 0 Å². The van der Waals surface area contributed by atoms with Crippen LogP contribution in [-0.4, -0.2) is 32.8 Å². The van der Waals surface area contributed by atoms with Crippen molar-refractivity contribution in [3.05, 3.63) is 84.4 Å². The van der Waals surface area contributed by atoms with Crippen LogP contribution < -0.4 is 24.5 Å². The fraction of sp³-hybridized carbons (Fsp3) is 0.241. The van der Waals surface area contributed by atoms with Gasteiger partial charge in [-0.1, -0.05) is 36.4 Å². The molecule has 5 aromatic rings. The number of hydrogen-bond donors (Lipinski definition) is 3. The molecule has 0 saturated heterocycles. The monoisotopic (exact) mass is 512 g/mol. The normalized spacial score (nSPS) is 22.4. The first-order valence-corrected chi connectivity index (χ1v) is 12.2. The van der Waals surface area contributed by atoms with Crippen LogP contribution in [0.2, 0.25) is 0 Å². The van der Waals surface area contributed by atoms with Gasteiger partial charge in [-0.25, -0.2) is 8.97 Å². The van der Waals surface area contributed by atoms with Gasteiger partial charge in [0.05, 0.1) is 29.1 Å². The number of carbonyl (C=O) groups excluding carboxylic acids is 1. The summed E-state index contributed by atoms with van der Waals surface area (Å²) in [5.41, 5.74) is -1.47. The molecule has 0 fully saturated rings. The Kier molecular flexibility index (Phi) is 5.93. The molecule has 0 aliphatic carbocycles. The third-order valence-electron chi connectivity index (χ3n) is 7.34. The van der Waals surface area contributed by atoms with Gasteiger partial charge < -0.3 is 25.2 Å². The fourth-order valence-corrected chi connectivity index (χ4v) is 5.04. The van der Waals surface area contributed by atoms with Crippen LogP contribution >= 0.6 is 0 Å². The second-order valence-corrected chi connectivity index (χ2v) is 9.94. The highest BCUT2D eigenvalue weighted by Crippen LogP contribution is 2.34. The van der Waals surface area contributed by atoms with E-state index in [9.17, 15) is 25.2 Å². The van der Waals surface area contributed by atoms with Gasteiger partial charge in [-0.3, -0.25) is 5.32 Å². The molecule has 3 atom stereocenters. The quantitative estimate of drug-likeness (QED) is 0.223. The van der Waals surface area contributed by atoms with Crippen molar-refractivity contribution in [3.8, 4) is 5.75 Å². The SMILES string of the molecule is CC1(C(=O)[O-])Nc2c3ccccc3cc[n+]2C(C)(O)C1O.Cc1nc2c3ccccc3cc[n+]2c(C)c1[O-]. The zero-order valence-corrected chi connectivity index (χ0v) is 21.5. The molecule has 6 rings (SSSR count). The van der Waals surface area contributed by atoms with E-state index in [1.54, 1.807) is 19.2 Å². The number of carbonyl (C=O) groups is 1. The Morgan fingerprint density at radius 1 is 0.974 bits per heavy atom. The third-order valence-corrected chi connectivity index (χ3v) is 7.34. The summed E-state index contributed by atoms with van der Waals surface area (Å²) in [5, 5.41) is 50.9. The topological polar surface area (TPSA) is 137 Å². The number of nitrogens with zero attached hydrogens (tertiary/aromatic N) is 3. The zero-order chi connectivity index (χ0) is 27.4. The molecule has 3 aromatic heterocycles. The van der Waals surface area contributed by atoms with Crippen LogP contribution in [0.15, 0.2) is 73.1 Å². The number of carboxylic acids is 1. The molecule has 3 N–H and O–H groups in total. The highest BCUT2D eigenvalue weighted by atomic mass is 16.4. The Morgan fingerprint density at radius 2 is 1.55 bits per heavy atom. The molecule has 9 nitrogen and oxygen atoms in total. The van der Waals surface area contributed by atoms with E-state index >= 15 is 0 Å². The first-order valence-electron chi connectivity index (χ1n) is 12.2. The summed E-state index contributed by atoms with van der Waals surface area (Å²) in [4.78, 5) is 15.9. The maximum absolute atomic E-state index is 11.8. The largest absolute Gasteiger partial charge is 0.867 e. The molecule has 4 heterocycles. The van der Waals surface area contributed by atoms with E-state index in [-0.39, 0.29) is 5.75 Å². The smallest absolute Gasteiger partial charge is 0.335 e. The Bertz CT molecular complexity index is 1740. The van der Waals surface area contributed by atoms with Gasteiger partial charge in [-0.2, -0.15) is 0 Å². The summed E-state index contributed by atoms with van der Waals surface area (Å²) in [6, 6.07) is 19.3. The number of aliphatic hydroxyl groups is 2. The molecule has 2 aromatic carbocycles. The number of anilines is 1. The van der Waals surface area contributed by atoms with Gasteiger partial charge >= 0.3 is 5.65 Å². The number of aliphatic hydroxyl groups excluding tert-OH is 1. The number of nitrogens with one attached hydrogen (secondary N) is 1. The lowest BCUT2D eigenvalue weighted by molar-refractivity contribution is -0.805. The molecule has 0 spiro atoms. The highest BCUT2D eigenvalue weighted by molar-refractivity contribution is 5.93. The first-order chi connectivity index (χ1) is 18.0. The Balaban J connectivity index is 0.000000158. The van der Waals surface area contributed by atoms with Crippen LogP contribution in [0.1, 0.15) is 25.2 Å². The van der Waals surface area contributed by atoms with Gasteiger partial charge in [-0.05, 0) is 59.6 Å². The van der Waals surface area contributed by atoms with Gasteiger partial charge in [0.2, 0.25) is 5.72 Å². The molecular formula is C29H28N4O5.